The minimum atomic E-state index is -0.425. The van der Waals surface area contributed by atoms with Crippen LogP contribution in [0.15, 0.2) is 42.5 Å². The van der Waals surface area contributed by atoms with Crippen molar-refractivity contribution in [2.45, 2.75) is 6.42 Å². The molecule has 0 radical (unpaired) electrons. The lowest BCUT2D eigenvalue weighted by Gasteiger charge is -2.09. The first-order valence-corrected chi connectivity index (χ1v) is 6.54. The zero-order valence-corrected chi connectivity index (χ0v) is 11.6. The summed E-state index contributed by atoms with van der Waals surface area (Å²) in [6.07, 6.45) is 0.706. The van der Waals surface area contributed by atoms with Gasteiger partial charge in [0.05, 0.1) is 4.92 Å². The molecule has 0 aromatic heterocycles. The molecule has 0 aliphatic carbocycles. The van der Waals surface area contributed by atoms with Crippen molar-refractivity contribution in [3.63, 3.8) is 0 Å². The van der Waals surface area contributed by atoms with Gasteiger partial charge in [0, 0.05) is 37.1 Å². The number of non-ortho nitro benzene ring substituents is 1. The maximum absolute atomic E-state index is 12.8. The average Bonchev–Trinajstić information content (AvgIpc) is 2.49. The Kier molecular flexibility index (Phi) is 4.71. The minimum Gasteiger partial charge on any atom is -0.388 e. The quantitative estimate of drug-likeness (QED) is 0.631. The molecule has 0 spiro atoms. The molecular formula is C15H16FN3O2. The number of rotatable bonds is 6. The smallest absolute Gasteiger partial charge is 0.273 e. The van der Waals surface area contributed by atoms with Gasteiger partial charge in [-0.1, -0.05) is 12.1 Å². The summed E-state index contributed by atoms with van der Waals surface area (Å²) in [7, 11) is 1.71. The second-order valence-electron chi connectivity index (χ2n) is 4.58. The predicted octanol–water partition coefficient (Wildman–Crippen LogP) is 3.43. The number of hydrogen-bond acceptors (Lipinski definition) is 4. The van der Waals surface area contributed by atoms with Crippen molar-refractivity contribution in [2.75, 3.05) is 24.2 Å². The lowest BCUT2D eigenvalue weighted by Crippen LogP contribution is -2.06. The number of benzene rings is 2. The van der Waals surface area contributed by atoms with Crippen LogP contribution in [0.1, 0.15) is 5.56 Å². The summed E-state index contributed by atoms with van der Waals surface area (Å²) < 4.78 is 12.8. The Morgan fingerprint density at radius 2 is 1.81 bits per heavy atom. The summed E-state index contributed by atoms with van der Waals surface area (Å²) >= 11 is 0. The van der Waals surface area contributed by atoms with E-state index in [-0.39, 0.29) is 11.5 Å². The molecule has 2 N–H and O–H groups in total. The molecule has 110 valence electrons. The standard InChI is InChI=1S/C15H16FN3O2/c1-17-13-8-14(10-15(9-13)19(20)21)18-7-6-11-2-4-12(16)5-3-11/h2-5,8-10,17-18H,6-7H2,1H3. The Morgan fingerprint density at radius 1 is 1.14 bits per heavy atom. The number of nitro groups is 1. The van der Waals surface area contributed by atoms with Crippen LogP contribution in [0.2, 0.25) is 0 Å². The highest BCUT2D eigenvalue weighted by atomic mass is 19.1. The van der Waals surface area contributed by atoms with Crippen LogP contribution in [0.3, 0.4) is 0 Å². The zero-order valence-electron chi connectivity index (χ0n) is 11.6. The Balaban J connectivity index is 2.00. The fourth-order valence-corrected chi connectivity index (χ4v) is 1.97. The van der Waals surface area contributed by atoms with Crippen molar-refractivity contribution in [1.29, 1.82) is 0 Å². The number of halogens is 1. The Labute approximate surface area is 122 Å². The van der Waals surface area contributed by atoms with Crippen LogP contribution in [0.4, 0.5) is 21.5 Å². The molecule has 0 aliphatic heterocycles. The van der Waals surface area contributed by atoms with Crippen molar-refractivity contribution in [2.24, 2.45) is 0 Å². The first kappa shape index (κ1) is 14.8. The van der Waals surface area contributed by atoms with Gasteiger partial charge in [-0.2, -0.15) is 0 Å². The normalized spacial score (nSPS) is 10.2. The average molecular weight is 289 g/mol. The molecule has 2 aromatic rings. The Morgan fingerprint density at radius 3 is 2.43 bits per heavy atom. The van der Waals surface area contributed by atoms with Crippen LogP contribution in [-0.4, -0.2) is 18.5 Å². The van der Waals surface area contributed by atoms with Gasteiger partial charge in [0.1, 0.15) is 5.82 Å². The molecule has 6 heteroatoms. The summed E-state index contributed by atoms with van der Waals surface area (Å²) in [4.78, 5) is 10.4. The van der Waals surface area contributed by atoms with E-state index in [1.807, 2.05) is 0 Å². The van der Waals surface area contributed by atoms with Crippen LogP contribution >= 0.6 is 0 Å². The Hall–Kier alpha value is -2.63. The van der Waals surface area contributed by atoms with Gasteiger partial charge < -0.3 is 10.6 Å². The largest absolute Gasteiger partial charge is 0.388 e. The molecule has 0 heterocycles. The summed E-state index contributed by atoms with van der Waals surface area (Å²) in [5.74, 6) is -0.260. The van der Waals surface area contributed by atoms with Crippen molar-refractivity contribution in [3.05, 3.63) is 64.0 Å². The molecule has 2 rings (SSSR count). The van der Waals surface area contributed by atoms with Crippen LogP contribution in [0.5, 0.6) is 0 Å². The van der Waals surface area contributed by atoms with Gasteiger partial charge >= 0.3 is 0 Å². The number of hydrogen-bond donors (Lipinski definition) is 2. The highest BCUT2D eigenvalue weighted by Gasteiger charge is 2.09. The molecule has 5 nitrogen and oxygen atoms in total. The van der Waals surface area contributed by atoms with Crippen molar-refractivity contribution >= 4 is 17.1 Å². The van der Waals surface area contributed by atoms with E-state index in [2.05, 4.69) is 10.6 Å². The third-order valence-electron chi connectivity index (χ3n) is 3.07. The number of nitrogens with one attached hydrogen (secondary N) is 2. The third-order valence-corrected chi connectivity index (χ3v) is 3.07. The van der Waals surface area contributed by atoms with E-state index in [0.29, 0.717) is 24.3 Å². The fraction of sp³-hybridized carbons (Fsp3) is 0.200. The molecular weight excluding hydrogens is 273 g/mol. The summed E-state index contributed by atoms with van der Waals surface area (Å²) in [5, 5.41) is 16.9. The Bertz CT molecular complexity index is 629. The van der Waals surface area contributed by atoms with Gasteiger partial charge in [-0.3, -0.25) is 10.1 Å². The summed E-state index contributed by atoms with van der Waals surface area (Å²) in [5.41, 5.74) is 2.39. The van der Waals surface area contributed by atoms with Crippen molar-refractivity contribution < 1.29 is 9.31 Å². The second kappa shape index (κ2) is 6.69. The van der Waals surface area contributed by atoms with Gasteiger partial charge in [-0.05, 0) is 30.2 Å². The third kappa shape index (κ3) is 4.17. The molecule has 0 fully saturated rings. The van der Waals surface area contributed by atoms with E-state index in [4.69, 9.17) is 0 Å². The van der Waals surface area contributed by atoms with E-state index in [1.54, 1.807) is 25.2 Å². The van der Waals surface area contributed by atoms with E-state index in [9.17, 15) is 14.5 Å². The molecule has 0 saturated carbocycles. The van der Waals surface area contributed by atoms with Gasteiger partial charge in [0.25, 0.3) is 5.69 Å². The van der Waals surface area contributed by atoms with Gasteiger partial charge in [-0.25, -0.2) is 4.39 Å². The maximum Gasteiger partial charge on any atom is 0.273 e. The highest BCUT2D eigenvalue weighted by molar-refractivity contribution is 5.63. The maximum atomic E-state index is 12.8. The first-order valence-electron chi connectivity index (χ1n) is 6.54. The SMILES string of the molecule is CNc1cc(NCCc2ccc(F)cc2)cc([N+](=O)[O-])c1. The van der Waals surface area contributed by atoms with Gasteiger partial charge in [0.15, 0.2) is 0 Å². The van der Waals surface area contributed by atoms with Gasteiger partial charge in [-0.15, -0.1) is 0 Å². The van der Waals surface area contributed by atoms with E-state index < -0.39 is 4.92 Å². The molecule has 0 atom stereocenters. The molecule has 21 heavy (non-hydrogen) atoms. The molecule has 0 aliphatic rings. The first-order chi connectivity index (χ1) is 10.1. The van der Waals surface area contributed by atoms with Crippen LogP contribution in [0, 0.1) is 15.9 Å². The lowest BCUT2D eigenvalue weighted by atomic mass is 10.1. The highest BCUT2D eigenvalue weighted by Crippen LogP contribution is 2.24. The van der Waals surface area contributed by atoms with Crippen LogP contribution in [-0.2, 0) is 6.42 Å². The van der Waals surface area contributed by atoms with E-state index in [1.165, 1.54) is 24.3 Å². The predicted molar refractivity (Wildman–Crippen MR) is 81.2 cm³/mol. The molecule has 0 amide bonds. The van der Waals surface area contributed by atoms with E-state index >= 15 is 0 Å². The summed E-state index contributed by atoms with van der Waals surface area (Å²) in [6.45, 7) is 0.607. The van der Waals surface area contributed by atoms with Crippen molar-refractivity contribution in [3.8, 4) is 0 Å². The molecule has 0 saturated heterocycles. The summed E-state index contributed by atoms with van der Waals surface area (Å²) in [6, 6.07) is 11.1. The van der Waals surface area contributed by atoms with Crippen LogP contribution < -0.4 is 10.6 Å². The fourth-order valence-electron chi connectivity index (χ4n) is 1.97. The van der Waals surface area contributed by atoms with Gasteiger partial charge in [0.2, 0.25) is 0 Å². The van der Waals surface area contributed by atoms with E-state index in [0.717, 1.165) is 5.56 Å². The monoisotopic (exact) mass is 289 g/mol. The number of anilines is 2. The topological polar surface area (TPSA) is 67.2 Å². The van der Waals surface area contributed by atoms with Crippen molar-refractivity contribution in [1.82, 2.24) is 0 Å². The second-order valence-corrected chi connectivity index (χ2v) is 4.58. The molecule has 0 unspecified atom stereocenters. The zero-order chi connectivity index (χ0) is 15.2. The molecule has 2 aromatic carbocycles. The minimum absolute atomic E-state index is 0.0335. The molecule has 0 bridgehead atoms. The lowest BCUT2D eigenvalue weighted by molar-refractivity contribution is -0.384. The number of nitro benzene ring substituents is 1. The van der Waals surface area contributed by atoms with Crippen LogP contribution in [0.25, 0.3) is 0 Å². The number of nitrogens with zero attached hydrogens (tertiary/aromatic N) is 1.